The van der Waals surface area contributed by atoms with Crippen molar-refractivity contribution in [1.29, 1.82) is 0 Å². The highest BCUT2D eigenvalue weighted by Gasteiger charge is 2.39. The Morgan fingerprint density at radius 1 is 1.13 bits per heavy atom. The Bertz CT molecular complexity index is 1110. The minimum Gasteiger partial charge on any atom is -0.465 e. The van der Waals surface area contributed by atoms with Crippen LogP contribution >= 0.6 is 11.5 Å². The SMILES string of the molecule is CN(C(=O)[C@H](Cc1cc(F)cc(F)c1)N(C(=O)O)C(C)(C)C)c1ccc2sncc2c1. The molecule has 0 saturated heterocycles. The quantitative estimate of drug-likeness (QED) is 0.602. The Balaban J connectivity index is 2.02. The number of carbonyl (C=O) groups is 2. The number of rotatable bonds is 5. The smallest absolute Gasteiger partial charge is 0.408 e. The molecule has 2 aromatic carbocycles. The molecule has 0 aliphatic heterocycles. The van der Waals surface area contributed by atoms with Crippen molar-refractivity contribution in [3.05, 3.63) is 59.8 Å². The number of aromatic nitrogens is 1. The summed E-state index contributed by atoms with van der Waals surface area (Å²) in [4.78, 5) is 28.0. The Labute approximate surface area is 182 Å². The number of hydrogen-bond donors (Lipinski definition) is 1. The minimum atomic E-state index is -1.30. The van der Waals surface area contributed by atoms with Crippen LogP contribution in [0.15, 0.2) is 42.6 Å². The lowest BCUT2D eigenvalue weighted by Crippen LogP contribution is -2.58. The van der Waals surface area contributed by atoms with E-state index in [9.17, 15) is 23.5 Å². The number of hydrogen-bond acceptors (Lipinski definition) is 4. The molecule has 3 aromatic rings. The first kappa shape index (κ1) is 22.6. The molecular formula is C22H23F2N3O3S. The standard InChI is InChI=1S/C22H23F2N3O3S/c1-22(2,3)27(21(29)30)18(9-13-7-15(23)11-16(24)8-13)20(28)26(4)17-5-6-19-14(10-17)12-25-31-19/h5-8,10-12,18H,9H2,1-4H3,(H,29,30)/t18-/m0/s1. The minimum absolute atomic E-state index is 0.177. The zero-order valence-corrected chi connectivity index (χ0v) is 18.4. The fourth-order valence-electron chi connectivity index (χ4n) is 3.55. The van der Waals surface area contributed by atoms with Crippen LogP contribution in [0.4, 0.5) is 19.3 Å². The highest BCUT2D eigenvalue weighted by atomic mass is 32.1. The van der Waals surface area contributed by atoms with Gasteiger partial charge in [-0.2, -0.15) is 4.37 Å². The zero-order valence-electron chi connectivity index (χ0n) is 17.6. The average Bonchev–Trinajstić information content (AvgIpc) is 3.11. The summed E-state index contributed by atoms with van der Waals surface area (Å²) in [7, 11) is 1.55. The molecule has 0 radical (unpaired) electrons. The van der Waals surface area contributed by atoms with Gasteiger partial charge in [0.05, 0.1) is 4.70 Å². The number of carbonyl (C=O) groups excluding carboxylic acids is 1. The number of nitrogens with zero attached hydrogens (tertiary/aromatic N) is 3. The van der Waals surface area contributed by atoms with Gasteiger partial charge in [0.1, 0.15) is 17.7 Å². The fourth-order valence-corrected chi connectivity index (χ4v) is 4.17. The maximum atomic E-state index is 13.7. The van der Waals surface area contributed by atoms with Gasteiger partial charge in [-0.1, -0.05) is 0 Å². The van der Waals surface area contributed by atoms with Gasteiger partial charge in [0.25, 0.3) is 0 Å². The van der Waals surface area contributed by atoms with Crippen LogP contribution in [0.5, 0.6) is 0 Å². The molecule has 0 fully saturated rings. The van der Waals surface area contributed by atoms with Crippen LogP contribution < -0.4 is 4.90 Å². The Kier molecular flexibility index (Phi) is 6.26. The summed E-state index contributed by atoms with van der Waals surface area (Å²) in [6.45, 7) is 4.99. The summed E-state index contributed by atoms with van der Waals surface area (Å²) >= 11 is 1.33. The van der Waals surface area contributed by atoms with Gasteiger partial charge in [0.15, 0.2) is 0 Å². The number of halogens is 2. The van der Waals surface area contributed by atoms with Gasteiger partial charge in [-0.15, -0.1) is 0 Å². The molecule has 0 aliphatic carbocycles. The molecular weight excluding hydrogens is 424 g/mol. The van der Waals surface area contributed by atoms with Gasteiger partial charge in [-0.05, 0) is 68.2 Å². The first-order valence-electron chi connectivity index (χ1n) is 9.56. The van der Waals surface area contributed by atoms with E-state index >= 15 is 0 Å². The average molecular weight is 448 g/mol. The van der Waals surface area contributed by atoms with Crippen molar-refractivity contribution in [1.82, 2.24) is 9.27 Å². The molecule has 2 amide bonds. The van der Waals surface area contributed by atoms with Gasteiger partial charge in [0, 0.05) is 42.3 Å². The number of anilines is 1. The van der Waals surface area contributed by atoms with Crippen molar-refractivity contribution >= 4 is 39.3 Å². The van der Waals surface area contributed by atoms with E-state index in [0.717, 1.165) is 33.2 Å². The fraction of sp³-hybridized carbons (Fsp3) is 0.318. The molecule has 1 heterocycles. The summed E-state index contributed by atoms with van der Waals surface area (Å²) in [5.41, 5.74) is -0.176. The maximum absolute atomic E-state index is 13.7. The van der Waals surface area contributed by atoms with Crippen molar-refractivity contribution in [3.63, 3.8) is 0 Å². The molecule has 6 nitrogen and oxygen atoms in total. The zero-order chi connectivity index (χ0) is 22.9. The molecule has 164 valence electrons. The predicted molar refractivity (Wildman–Crippen MR) is 116 cm³/mol. The Morgan fingerprint density at radius 2 is 1.77 bits per heavy atom. The third-order valence-electron chi connectivity index (χ3n) is 4.93. The van der Waals surface area contributed by atoms with E-state index in [1.54, 1.807) is 46.1 Å². The van der Waals surface area contributed by atoms with E-state index in [2.05, 4.69) is 4.37 Å². The van der Waals surface area contributed by atoms with Gasteiger partial charge in [0.2, 0.25) is 5.91 Å². The number of fused-ring (bicyclic) bond motifs is 1. The second-order valence-corrected chi connectivity index (χ2v) is 9.10. The normalized spacial score (nSPS) is 12.6. The van der Waals surface area contributed by atoms with E-state index in [4.69, 9.17) is 0 Å². The molecule has 0 bridgehead atoms. The topological polar surface area (TPSA) is 73.7 Å². The van der Waals surface area contributed by atoms with E-state index in [1.807, 2.05) is 6.07 Å². The van der Waals surface area contributed by atoms with Crippen molar-refractivity contribution in [3.8, 4) is 0 Å². The second kappa shape index (κ2) is 8.58. The monoisotopic (exact) mass is 447 g/mol. The molecule has 9 heteroatoms. The van der Waals surface area contributed by atoms with E-state index in [1.165, 1.54) is 16.4 Å². The first-order valence-corrected chi connectivity index (χ1v) is 10.3. The van der Waals surface area contributed by atoms with Crippen LogP contribution in [0.3, 0.4) is 0 Å². The summed E-state index contributed by atoms with van der Waals surface area (Å²) in [6.07, 6.45) is 0.214. The lowest BCUT2D eigenvalue weighted by molar-refractivity contribution is -0.124. The highest BCUT2D eigenvalue weighted by molar-refractivity contribution is 7.13. The Hall–Kier alpha value is -3.07. The van der Waals surface area contributed by atoms with Crippen LogP contribution in [-0.4, -0.2) is 45.0 Å². The molecule has 0 aliphatic rings. The van der Waals surface area contributed by atoms with Crippen LogP contribution in [0.2, 0.25) is 0 Å². The van der Waals surface area contributed by atoms with Crippen LogP contribution in [0, 0.1) is 11.6 Å². The van der Waals surface area contributed by atoms with E-state index in [0.29, 0.717) is 5.69 Å². The van der Waals surface area contributed by atoms with Crippen LogP contribution in [0.25, 0.3) is 10.1 Å². The van der Waals surface area contributed by atoms with Crippen molar-refractivity contribution in [2.75, 3.05) is 11.9 Å². The summed E-state index contributed by atoms with van der Waals surface area (Å²) < 4.78 is 32.6. The van der Waals surface area contributed by atoms with Crippen molar-refractivity contribution in [2.45, 2.75) is 38.8 Å². The summed E-state index contributed by atoms with van der Waals surface area (Å²) in [5.74, 6) is -2.09. The third kappa shape index (κ3) is 4.99. The van der Waals surface area contributed by atoms with Crippen molar-refractivity contribution < 1.29 is 23.5 Å². The number of carboxylic acid groups (broad SMARTS) is 1. The van der Waals surface area contributed by atoms with E-state index in [-0.39, 0.29) is 12.0 Å². The van der Waals surface area contributed by atoms with Crippen molar-refractivity contribution in [2.24, 2.45) is 0 Å². The summed E-state index contributed by atoms with van der Waals surface area (Å²) in [6, 6.07) is 7.12. The van der Waals surface area contributed by atoms with Crippen LogP contribution in [-0.2, 0) is 11.2 Å². The third-order valence-corrected chi connectivity index (χ3v) is 5.71. The first-order chi connectivity index (χ1) is 14.5. The molecule has 31 heavy (non-hydrogen) atoms. The number of amides is 2. The molecule has 3 rings (SSSR count). The van der Waals surface area contributed by atoms with Gasteiger partial charge in [-0.3, -0.25) is 9.69 Å². The highest BCUT2D eigenvalue weighted by Crippen LogP contribution is 2.27. The molecule has 0 unspecified atom stereocenters. The van der Waals surface area contributed by atoms with Gasteiger partial charge >= 0.3 is 6.09 Å². The molecule has 1 N–H and O–H groups in total. The van der Waals surface area contributed by atoms with Gasteiger partial charge < -0.3 is 10.0 Å². The van der Waals surface area contributed by atoms with Gasteiger partial charge in [-0.25, -0.2) is 13.6 Å². The lowest BCUT2D eigenvalue weighted by atomic mass is 9.97. The lowest BCUT2D eigenvalue weighted by Gasteiger charge is -2.40. The molecule has 0 saturated carbocycles. The molecule has 1 aromatic heterocycles. The van der Waals surface area contributed by atoms with Crippen LogP contribution in [0.1, 0.15) is 26.3 Å². The van der Waals surface area contributed by atoms with E-state index < -0.39 is 35.2 Å². The largest absolute Gasteiger partial charge is 0.465 e. The second-order valence-electron chi connectivity index (χ2n) is 8.27. The molecule has 0 spiro atoms. The molecule has 1 atom stereocenters. The predicted octanol–water partition coefficient (Wildman–Crippen LogP) is 4.93. The Morgan fingerprint density at radius 3 is 2.35 bits per heavy atom. The number of likely N-dealkylation sites (N-methyl/N-ethyl adjacent to an activating group) is 1. The maximum Gasteiger partial charge on any atom is 0.408 e. The summed E-state index contributed by atoms with van der Waals surface area (Å²) in [5, 5.41) is 10.7. The number of benzene rings is 2.